The van der Waals surface area contributed by atoms with Gasteiger partial charge in [0.15, 0.2) is 0 Å². The van der Waals surface area contributed by atoms with Crippen LogP contribution in [0.15, 0.2) is 29.2 Å². The minimum atomic E-state index is 0.0997. The van der Waals surface area contributed by atoms with Crippen molar-refractivity contribution in [3.05, 3.63) is 24.3 Å². The Bertz CT molecular complexity index is 389. The van der Waals surface area contributed by atoms with Gasteiger partial charge in [0.25, 0.3) is 0 Å². The molecule has 1 aromatic carbocycles. The third-order valence-corrected chi connectivity index (χ3v) is 3.67. The van der Waals surface area contributed by atoms with Crippen molar-refractivity contribution in [2.24, 2.45) is 0 Å². The lowest BCUT2D eigenvalue weighted by molar-refractivity contribution is -0.116. The first-order chi connectivity index (χ1) is 8.28. The first-order valence-corrected chi connectivity index (χ1v) is 7.17. The lowest BCUT2D eigenvalue weighted by Gasteiger charge is -2.10. The van der Waals surface area contributed by atoms with Gasteiger partial charge in [-0.05, 0) is 43.8 Å². The van der Waals surface area contributed by atoms with Gasteiger partial charge in [-0.15, -0.1) is 11.8 Å². The molecule has 0 spiro atoms. The smallest absolute Gasteiger partial charge is 0.225 e. The molecule has 1 heterocycles. The molecule has 2 rings (SSSR count). The molecule has 1 amide bonds. The monoisotopic (exact) mass is 250 g/mol. The number of anilines is 1. The molecular formula is C13H18N2OS. The summed E-state index contributed by atoms with van der Waals surface area (Å²) < 4.78 is 0. The summed E-state index contributed by atoms with van der Waals surface area (Å²) in [5.74, 6) is 0.0997. The number of rotatable bonds is 4. The summed E-state index contributed by atoms with van der Waals surface area (Å²) in [4.78, 5) is 13.0. The molecule has 0 aliphatic carbocycles. The maximum absolute atomic E-state index is 11.8. The molecule has 3 nitrogen and oxygen atoms in total. The highest BCUT2D eigenvalue weighted by molar-refractivity contribution is 7.98. The number of nitrogens with one attached hydrogen (secondary N) is 2. The van der Waals surface area contributed by atoms with Crippen molar-refractivity contribution in [1.29, 1.82) is 0 Å². The average molecular weight is 250 g/mol. The number of benzene rings is 1. The Morgan fingerprint density at radius 2 is 2.47 bits per heavy atom. The highest BCUT2D eigenvalue weighted by Gasteiger charge is 2.17. The summed E-state index contributed by atoms with van der Waals surface area (Å²) in [6, 6.07) is 8.30. The van der Waals surface area contributed by atoms with Gasteiger partial charge in [-0.1, -0.05) is 6.07 Å². The third-order valence-electron chi connectivity index (χ3n) is 2.95. The summed E-state index contributed by atoms with van der Waals surface area (Å²) in [5, 5.41) is 6.28. The minimum Gasteiger partial charge on any atom is -0.326 e. The SMILES string of the molecule is CSc1cccc(NC(=O)CC2CCCN2)c1. The summed E-state index contributed by atoms with van der Waals surface area (Å²) in [6.45, 7) is 1.04. The number of thioether (sulfide) groups is 1. The molecule has 92 valence electrons. The van der Waals surface area contributed by atoms with E-state index < -0.39 is 0 Å². The van der Waals surface area contributed by atoms with E-state index in [0.29, 0.717) is 12.5 Å². The normalized spacial score (nSPS) is 19.2. The van der Waals surface area contributed by atoms with Crippen LogP contribution < -0.4 is 10.6 Å². The summed E-state index contributed by atoms with van der Waals surface area (Å²) in [7, 11) is 0. The Labute approximate surface area is 106 Å². The fraction of sp³-hybridized carbons (Fsp3) is 0.462. The molecular weight excluding hydrogens is 232 g/mol. The molecule has 0 radical (unpaired) electrons. The number of hydrogen-bond acceptors (Lipinski definition) is 3. The molecule has 0 saturated carbocycles. The molecule has 1 unspecified atom stereocenters. The Morgan fingerprint density at radius 1 is 1.59 bits per heavy atom. The fourth-order valence-corrected chi connectivity index (χ4v) is 2.53. The maximum Gasteiger partial charge on any atom is 0.225 e. The zero-order valence-corrected chi connectivity index (χ0v) is 10.8. The van der Waals surface area contributed by atoms with Crippen LogP contribution in [0.4, 0.5) is 5.69 Å². The van der Waals surface area contributed by atoms with Crippen LogP contribution in [0.1, 0.15) is 19.3 Å². The molecule has 0 aromatic heterocycles. The first kappa shape index (κ1) is 12.5. The van der Waals surface area contributed by atoms with E-state index in [9.17, 15) is 4.79 Å². The molecule has 1 saturated heterocycles. The van der Waals surface area contributed by atoms with E-state index in [2.05, 4.69) is 10.6 Å². The molecule has 1 fully saturated rings. The van der Waals surface area contributed by atoms with Gasteiger partial charge in [-0.25, -0.2) is 0 Å². The highest BCUT2D eigenvalue weighted by atomic mass is 32.2. The van der Waals surface area contributed by atoms with E-state index in [1.54, 1.807) is 11.8 Å². The Hall–Kier alpha value is -1.00. The van der Waals surface area contributed by atoms with Crippen LogP contribution in [-0.4, -0.2) is 24.7 Å². The number of carbonyl (C=O) groups excluding carboxylic acids is 1. The number of amides is 1. The topological polar surface area (TPSA) is 41.1 Å². The van der Waals surface area contributed by atoms with Gasteiger partial charge in [-0.2, -0.15) is 0 Å². The predicted octanol–water partition coefficient (Wildman–Crippen LogP) is 2.49. The van der Waals surface area contributed by atoms with Gasteiger partial charge in [0.2, 0.25) is 5.91 Å². The van der Waals surface area contributed by atoms with E-state index in [1.165, 1.54) is 11.3 Å². The lowest BCUT2D eigenvalue weighted by Crippen LogP contribution is -2.27. The van der Waals surface area contributed by atoms with Crippen molar-refractivity contribution in [1.82, 2.24) is 5.32 Å². The highest BCUT2D eigenvalue weighted by Crippen LogP contribution is 2.19. The molecule has 2 N–H and O–H groups in total. The van der Waals surface area contributed by atoms with Crippen molar-refractivity contribution in [2.75, 3.05) is 18.1 Å². The van der Waals surface area contributed by atoms with Crippen LogP contribution in [0.25, 0.3) is 0 Å². The zero-order chi connectivity index (χ0) is 12.1. The van der Waals surface area contributed by atoms with E-state index >= 15 is 0 Å². The predicted molar refractivity (Wildman–Crippen MR) is 72.5 cm³/mol. The Morgan fingerprint density at radius 3 is 3.18 bits per heavy atom. The summed E-state index contributed by atoms with van der Waals surface area (Å²) >= 11 is 1.68. The Kier molecular flexibility index (Phi) is 4.45. The van der Waals surface area contributed by atoms with Crippen LogP contribution >= 0.6 is 11.8 Å². The zero-order valence-electron chi connectivity index (χ0n) is 10.0. The van der Waals surface area contributed by atoms with E-state index in [1.807, 2.05) is 30.5 Å². The first-order valence-electron chi connectivity index (χ1n) is 5.95. The second kappa shape index (κ2) is 6.07. The van der Waals surface area contributed by atoms with E-state index in [-0.39, 0.29) is 5.91 Å². The molecule has 4 heteroatoms. The van der Waals surface area contributed by atoms with Crippen molar-refractivity contribution in [3.63, 3.8) is 0 Å². The van der Waals surface area contributed by atoms with Crippen LogP contribution in [0.2, 0.25) is 0 Å². The molecule has 1 aliphatic heterocycles. The molecule has 17 heavy (non-hydrogen) atoms. The quantitative estimate of drug-likeness (QED) is 0.807. The van der Waals surface area contributed by atoms with Crippen molar-refractivity contribution in [3.8, 4) is 0 Å². The van der Waals surface area contributed by atoms with Gasteiger partial charge in [0.05, 0.1) is 0 Å². The van der Waals surface area contributed by atoms with Crippen molar-refractivity contribution in [2.45, 2.75) is 30.2 Å². The molecule has 0 bridgehead atoms. The number of carbonyl (C=O) groups is 1. The second-order valence-electron chi connectivity index (χ2n) is 4.28. The summed E-state index contributed by atoms with van der Waals surface area (Å²) in [5.41, 5.74) is 0.889. The lowest BCUT2D eigenvalue weighted by atomic mass is 10.1. The van der Waals surface area contributed by atoms with Gasteiger partial charge >= 0.3 is 0 Å². The maximum atomic E-state index is 11.8. The standard InChI is InChI=1S/C13H18N2OS/c1-17-12-6-2-4-11(8-12)15-13(16)9-10-5-3-7-14-10/h2,4,6,8,10,14H,3,5,7,9H2,1H3,(H,15,16). The van der Waals surface area contributed by atoms with Gasteiger partial charge < -0.3 is 10.6 Å². The van der Waals surface area contributed by atoms with Gasteiger partial charge in [0, 0.05) is 23.0 Å². The second-order valence-corrected chi connectivity index (χ2v) is 5.16. The van der Waals surface area contributed by atoms with E-state index in [4.69, 9.17) is 0 Å². The largest absolute Gasteiger partial charge is 0.326 e. The number of hydrogen-bond donors (Lipinski definition) is 2. The van der Waals surface area contributed by atoms with Crippen LogP contribution in [0.5, 0.6) is 0 Å². The van der Waals surface area contributed by atoms with Gasteiger partial charge in [-0.3, -0.25) is 4.79 Å². The third kappa shape index (κ3) is 3.75. The molecule has 1 atom stereocenters. The van der Waals surface area contributed by atoms with Crippen molar-refractivity contribution >= 4 is 23.4 Å². The summed E-state index contributed by atoms with van der Waals surface area (Å²) in [6.07, 6.45) is 4.89. The van der Waals surface area contributed by atoms with Crippen LogP contribution in [0, 0.1) is 0 Å². The van der Waals surface area contributed by atoms with Crippen LogP contribution in [-0.2, 0) is 4.79 Å². The fourth-order valence-electron chi connectivity index (χ4n) is 2.07. The molecule has 1 aromatic rings. The molecule has 1 aliphatic rings. The average Bonchev–Trinajstić information content (AvgIpc) is 2.82. The van der Waals surface area contributed by atoms with Crippen molar-refractivity contribution < 1.29 is 4.79 Å². The van der Waals surface area contributed by atoms with Crippen LogP contribution in [0.3, 0.4) is 0 Å². The minimum absolute atomic E-state index is 0.0997. The van der Waals surface area contributed by atoms with E-state index in [0.717, 1.165) is 18.7 Å². The Balaban J connectivity index is 1.88. The van der Waals surface area contributed by atoms with Gasteiger partial charge in [0.1, 0.15) is 0 Å².